The second-order valence-corrected chi connectivity index (χ2v) is 4.38. The summed E-state index contributed by atoms with van der Waals surface area (Å²) in [5, 5.41) is 2.48. The fraction of sp³-hybridized carbons (Fsp3) is 0.125. The van der Waals surface area contributed by atoms with Gasteiger partial charge in [0.1, 0.15) is 11.5 Å². The number of nitrogens with zero attached hydrogens (tertiary/aromatic N) is 1. The van der Waals surface area contributed by atoms with Crippen molar-refractivity contribution in [3.63, 3.8) is 0 Å². The summed E-state index contributed by atoms with van der Waals surface area (Å²) < 4.78 is 13.7. The van der Waals surface area contributed by atoms with E-state index in [1.54, 1.807) is 19.1 Å². The van der Waals surface area contributed by atoms with E-state index in [-0.39, 0.29) is 17.9 Å². The quantitative estimate of drug-likeness (QED) is 0.829. The van der Waals surface area contributed by atoms with Crippen LogP contribution in [-0.4, -0.2) is 17.4 Å². The van der Waals surface area contributed by atoms with Crippen LogP contribution in [0.2, 0.25) is 0 Å². The molecule has 0 radical (unpaired) electrons. The topological polar surface area (TPSA) is 68.0 Å². The highest BCUT2D eigenvalue weighted by atomic mass is 19.1. The third-order valence-corrected chi connectivity index (χ3v) is 2.70. The zero-order valence-electron chi connectivity index (χ0n) is 11.5. The molecule has 1 amide bonds. The molecule has 0 saturated heterocycles. The number of nitrogens with one attached hydrogen (secondary N) is 1. The lowest BCUT2D eigenvalue weighted by atomic mass is 10.2. The van der Waals surface area contributed by atoms with Gasteiger partial charge in [0, 0.05) is 11.8 Å². The van der Waals surface area contributed by atoms with E-state index >= 15 is 0 Å². The first-order valence-electron chi connectivity index (χ1n) is 6.32. The third kappa shape index (κ3) is 3.88. The van der Waals surface area contributed by atoms with Gasteiger partial charge in [-0.1, -0.05) is 17.9 Å². The molecule has 1 aromatic carbocycles. The molecule has 1 aromatic heterocycles. The number of aryl methyl sites for hydroxylation is 1. The van der Waals surface area contributed by atoms with E-state index in [0.717, 1.165) is 5.56 Å². The zero-order valence-corrected chi connectivity index (χ0v) is 11.5. The maximum absolute atomic E-state index is 13.7. The summed E-state index contributed by atoms with van der Waals surface area (Å²) in [5.41, 5.74) is 7.03. The lowest BCUT2D eigenvalue weighted by Crippen LogP contribution is -2.14. The summed E-state index contributed by atoms with van der Waals surface area (Å²) in [6.07, 6.45) is 1.48. The highest BCUT2D eigenvalue weighted by Crippen LogP contribution is 2.16. The lowest BCUT2D eigenvalue weighted by Gasteiger charge is -2.06. The minimum atomic E-state index is -0.478. The molecule has 2 rings (SSSR count). The van der Waals surface area contributed by atoms with Crippen molar-refractivity contribution in [2.45, 2.75) is 6.92 Å². The summed E-state index contributed by atoms with van der Waals surface area (Å²) in [5.74, 6) is 4.55. The van der Waals surface area contributed by atoms with Gasteiger partial charge in [0.15, 0.2) is 0 Å². The first kappa shape index (κ1) is 14.7. The van der Waals surface area contributed by atoms with Crippen LogP contribution in [0.15, 0.2) is 36.5 Å². The Bertz CT molecular complexity index is 715. The van der Waals surface area contributed by atoms with Crippen molar-refractivity contribution in [2.75, 3.05) is 11.9 Å². The van der Waals surface area contributed by atoms with Crippen LogP contribution < -0.4 is 11.1 Å². The van der Waals surface area contributed by atoms with Crippen LogP contribution in [0.1, 0.15) is 21.6 Å². The van der Waals surface area contributed by atoms with E-state index in [9.17, 15) is 9.18 Å². The van der Waals surface area contributed by atoms with Gasteiger partial charge in [-0.05, 0) is 36.8 Å². The maximum atomic E-state index is 13.7. The average molecular weight is 283 g/mol. The summed E-state index contributed by atoms with van der Waals surface area (Å²) in [7, 11) is 0. The third-order valence-electron chi connectivity index (χ3n) is 2.70. The Morgan fingerprint density at radius 3 is 2.81 bits per heavy atom. The van der Waals surface area contributed by atoms with E-state index in [0.29, 0.717) is 5.56 Å². The number of carbonyl (C=O) groups excluding carboxylic acids is 1. The van der Waals surface area contributed by atoms with Gasteiger partial charge in [-0.2, -0.15) is 0 Å². The lowest BCUT2D eigenvalue weighted by molar-refractivity contribution is 0.102. The van der Waals surface area contributed by atoms with Crippen molar-refractivity contribution in [3.05, 3.63) is 59.2 Å². The van der Waals surface area contributed by atoms with Crippen molar-refractivity contribution in [2.24, 2.45) is 5.73 Å². The number of pyridine rings is 1. The fourth-order valence-corrected chi connectivity index (χ4v) is 1.66. The molecule has 0 unspecified atom stereocenters. The number of benzene rings is 1. The Morgan fingerprint density at radius 1 is 1.38 bits per heavy atom. The van der Waals surface area contributed by atoms with Crippen LogP contribution in [0.3, 0.4) is 0 Å². The minimum absolute atomic E-state index is 0.124. The number of hydrogen-bond donors (Lipinski definition) is 2. The summed E-state index contributed by atoms with van der Waals surface area (Å²) in [6, 6.07) is 7.79. The highest BCUT2D eigenvalue weighted by Gasteiger charge is 2.10. The molecule has 1 heterocycles. The summed E-state index contributed by atoms with van der Waals surface area (Å²) in [6.45, 7) is 2.03. The molecule has 0 fully saturated rings. The van der Waals surface area contributed by atoms with Crippen LogP contribution in [0.5, 0.6) is 0 Å². The van der Waals surface area contributed by atoms with Gasteiger partial charge in [0.25, 0.3) is 5.91 Å². The number of rotatable bonds is 2. The number of halogens is 1. The van der Waals surface area contributed by atoms with Crippen LogP contribution >= 0.6 is 0 Å². The Balaban J connectivity index is 2.13. The average Bonchev–Trinajstić information content (AvgIpc) is 2.48. The van der Waals surface area contributed by atoms with Gasteiger partial charge < -0.3 is 11.1 Å². The molecular weight excluding hydrogens is 269 g/mol. The number of carbonyl (C=O) groups is 1. The molecule has 2 aromatic rings. The van der Waals surface area contributed by atoms with E-state index < -0.39 is 11.7 Å². The molecule has 4 nitrogen and oxygen atoms in total. The van der Waals surface area contributed by atoms with Gasteiger partial charge in [-0.25, -0.2) is 9.37 Å². The molecule has 0 saturated carbocycles. The maximum Gasteiger partial charge on any atom is 0.274 e. The predicted octanol–water partition coefficient (Wildman–Crippen LogP) is 2.09. The van der Waals surface area contributed by atoms with E-state index in [4.69, 9.17) is 5.73 Å². The van der Waals surface area contributed by atoms with Crippen LogP contribution in [-0.2, 0) is 0 Å². The zero-order chi connectivity index (χ0) is 15.2. The van der Waals surface area contributed by atoms with E-state index in [1.807, 2.05) is 0 Å². The van der Waals surface area contributed by atoms with Crippen molar-refractivity contribution in [1.82, 2.24) is 4.98 Å². The van der Waals surface area contributed by atoms with E-state index in [2.05, 4.69) is 22.1 Å². The highest BCUT2D eigenvalue weighted by molar-refractivity contribution is 6.02. The molecule has 0 atom stereocenters. The summed E-state index contributed by atoms with van der Waals surface area (Å²) >= 11 is 0. The smallest absolute Gasteiger partial charge is 0.274 e. The molecular formula is C16H14FN3O. The molecule has 0 aliphatic heterocycles. The van der Waals surface area contributed by atoms with Gasteiger partial charge in [0.05, 0.1) is 12.2 Å². The molecule has 3 N–H and O–H groups in total. The largest absolute Gasteiger partial charge is 0.320 e. The predicted molar refractivity (Wildman–Crippen MR) is 79.3 cm³/mol. The standard InChI is InChI=1S/C16H14FN3O/c1-11-4-6-14(13(17)9-11)20-16(21)15-7-5-12(10-19-15)3-2-8-18/h4-7,9-10H,8,18H2,1H3,(H,20,21). The summed E-state index contributed by atoms with van der Waals surface area (Å²) in [4.78, 5) is 16.0. The molecule has 0 aliphatic carbocycles. The normalized spacial score (nSPS) is 9.67. The van der Waals surface area contributed by atoms with Crippen LogP contribution in [0.4, 0.5) is 10.1 Å². The Morgan fingerprint density at radius 2 is 2.19 bits per heavy atom. The Kier molecular flexibility index (Phi) is 4.64. The van der Waals surface area contributed by atoms with Crippen LogP contribution in [0, 0.1) is 24.6 Å². The molecule has 0 aliphatic rings. The second-order valence-electron chi connectivity index (χ2n) is 4.38. The molecule has 5 heteroatoms. The first-order valence-corrected chi connectivity index (χ1v) is 6.32. The monoisotopic (exact) mass is 283 g/mol. The van der Waals surface area contributed by atoms with Gasteiger partial charge in [-0.3, -0.25) is 4.79 Å². The van der Waals surface area contributed by atoms with Crippen molar-refractivity contribution in [3.8, 4) is 11.8 Å². The minimum Gasteiger partial charge on any atom is -0.320 e. The van der Waals surface area contributed by atoms with Gasteiger partial charge in [0.2, 0.25) is 0 Å². The van der Waals surface area contributed by atoms with Gasteiger partial charge >= 0.3 is 0 Å². The van der Waals surface area contributed by atoms with E-state index in [1.165, 1.54) is 24.4 Å². The fourth-order valence-electron chi connectivity index (χ4n) is 1.66. The van der Waals surface area contributed by atoms with Crippen LogP contribution in [0.25, 0.3) is 0 Å². The second kappa shape index (κ2) is 6.64. The molecule has 0 spiro atoms. The van der Waals surface area contributed by atoms with Crippen molar-refractivity contribution in [1.29, 1.82) is 0 Å². The SMILES string of the molecule is Cc1ccc(NC(=O)c2ccc(C#CCN)cn2)c(F)c1. The first-order chi connectivity index (χ1) is 10.1. The number of amides is 1. The van der Waals surface area contributed by atoms with Gasteiger partial charge in [-0.15, -0.1) is 0 Å². The number of nitrogens with two attached hydrogens (primary N) is 1. The Hall–Kier alpha value is -2.71. The van der Waals surface area contributed by atoms with Crippen molar-refractivity contribution >= 4 is 11.6 Å². The molecule has 106 valence electrons. The Labute approximate surface area is 122 Å². The molecule has 0 bridgehead atoms. The molecule has 21 heavy (non-hydrogen) atoms. The number of anilines is 1. The number of aromatic nitrogens is 1. The van der Waals surface area contributed by atoms with Crippen molar-refractivity contribution < 1.29 is 9.18 Å². The number of hydrogen-bond acceptors (Lipinski definition) is 3.